The van der Waals surface area contributed by atoms with Gasteiger partial charge in [0.25, 0.3) is 0 Å². The molecule has 0 aliphatic rings. The second-order valence-corrected chi connectivity index (χ2v) is 17.0. The maximum Gasteiger partial charge on any atom is 0.306 e. The number of carbonyl (C=O) groups excluding carboxylic acids is 2. The highest BCUT2D eigenvalue weighted by molar-refractivity contribution is 5.70. The SMILES string of the molecule is CC/C=C\C/C=C\C/C=C\C/C=C\CCCCCCCCC(=O)OCC(COCCCCCCCCCC)OC(=O)CCCCCCCCC/C=C\CCCCCCCC. The second kappa shape index (κ2) is 51.0. The van der Waals surface area contributed by atoms with Crippen molar-refractivity contribution in [3.63, 3.8) is 0 Å². The third-order valence-electron chi connectivity index (χ3n) is 11.0. The zero-order chi connectivity index (χ0) is 43.5. The Kier molecular flexibility index (Phi) is 48.9. The van der Waals surface area contributed by atoms with Gasteiger partial charge in [-0.05, 0) is 83.5 Å². The van der Waals surface area contributed by atoms with Gasteiger partial charge in [0.1, 0.15) is 6.61 Å². The fourth-order valence-electron chi connectivity index (χ4n) is 7.20. The van der Waals surface area contributed by atoms with Crippen molar-refractivity contribution in [2.24, 2.45) is 0 Å². The molecule has 0 N–H and O–H groups in total. The molecule has 0 amide bonds. The van der Waals surface area contributed by atoms with Crippen LogP contribution in [0.15, 0.2) is 60.8 Å². The van der Waals surface area contributed by atoms with Crippen molar-refractivity contribution in [3.8, 4) is 0 Å². The van der Waals surface area contributed by atoms with Crippen molar-refractivity contribution in [3.05, 3.63) is 60.8 Å². The van der Waals surface area contributed by atoms with E-state index in [0.29, 0.717) is 19.4 Å². The average molecular weight is 839 g/mol. The van der Waals surface area contributed by atoms with E-state index in [4.69, 9.17) is 14.2 Å². The molecule has 60 heavy (non-hydrogen) atoms. The number of esters is 2. The standard InChI is InChI=1S/C55H98O5/c1-4-7-10-13-16-19-21-23-25-27-28-30-31-33-35-37-39-42-45-48-54(56)59-52-53(51-58-50-47-44-41-18-15-12-9-6-3)60-55(57)49-46-43-40-38-36-34-32-29-26-24-22-20-17-14-11-8-5-2/h7,10,16,19,23-26,28,30,53H,4-6,8-9,11-15,17-18,20-22,27,29,31-52H2,1-3H3/b10-7-,19-16-,25-23-,26-24-,30-28-. The Balaban J connectivity index is 4.18. The number of allylic oxidation sites excluding steroid dienone is 10. The monoisotopic (exact) mass is 839 g/mol. The summed E-state index contributed by atoms with van der Waals surface area (Å²) in [6, 6.07) is 0. The normalized spacial score (nSPS) is 12.7. The molecule has 5 nitrogen and oxygen atoms in total. The summed E-state index contributed by atoms with van der Waals surface area (Å²) in [6.45, 7) is 7.70. The highest BCUT2D eigenvalue weighted by atomic mass is 16.6. The van der Waals surface area contributed by atoms with Gasteiger partial charge in [-0.2, -0.15) is 0 Å². The van der Waals surface area contributed by atoms with E-state index in [2.05, 4.69) is 81.5 Å². The van der Waals surface area contributed by atoms with Crippen molar-refractivity contribution < 1.29 is 23.8 Å². The fourth-order valence-corrected chi connectivity index (χ4v) is 7.20. The summed E-state index contributed by atoms with van der Waals surface area (Å²) in [5, 5.41) is 0. The van der Waals surface area contributed by atoms with Crippen LogP contribution in [0.25, 0.3) is 0 Å². The number of rotatable bonds is 47. The Morgan fingerprint density at radius 1 is 0.383 bits per heavy atom. The highest BCUT2D eigenvalue weighted by Crippen LogP contribution is 2.14. The zero-order valence-electron chi connectivity index (χ0n) is 40.0. The molecule has 0 aliphatic heterocycles. The molecular formula is C55H98O5. The molecule has 348 valence electrons. The van der Waals surface area contributed by atoms with Gasteiger partial charge in [0.15, 0.2) is 6.10 Å². The van der Waals surface area contributed by atoms with Gasteiger partial charge >= 0.3 is 11.9 Å². The summed E-state index contributed by atoms with van der Waals surface area (Å²) in [6.07, 6.45) is 63.7. The molecule has 1 atom stereocenters. The van der Waals surface area contributed by atoms with Crippen LogP contribution in [-0.4, -0.2) is 37.9 Å². The zero-order valence-corrected chi connectivity index (χ0v) is 40.0. The number of ether oxygens (including phenoxy) is 3. The van der Waals surface area contributed by atoms with E-state index in [1.54, 1.807) is 0 Å². The van der Waals surface area contributed by atoms with E-state index in [1.165, 1.54) is 135 Å². The van der Waals surface area contributed by atoms with E-state index < -0.39 is 6.10 Å². The smallest absolute Gasteiger partial charge is 0.306 e. The lowest BCUT2D eigenvalue weighted by molar-refractivity contribution is -0.163. The lowest BCUT2D eigenvalue weighted by Gasteiger charge is -2.18. The van der Waals surface area contributed by atoms with E-state index in [9.17, 15) is 9.59 Å². The molecule has 0 aromatic carbocycles. The van der Waals surface area contributed by atoms with Crippen LogP contribution in [0.5, 0.6) is 0 Å². The van der Waals surface area contributed by atoms with Gasteiger partial charge in [-0.15, -0.1) is 0 Å². The summed E-state index contributed by atoms with van der Waals surface area (Å²) in [5.74, 6) is -0.413. The molecule has 0 aromatic rings. The van der Waals surface area contributed by atoms with Crippen LogP contribution < -0.4 is 0 Å². The van der Waals surface area contributed by atoms with Gasteiger partial charge in [0.05, 0.1) is 6.61 Å². The maximum atomic E-state index is 12.8. The minimum absolute atomic E-state index is 0.0769. The molecule has 0 rings (SSSR count). The van der Waals surface area contributed by atoms with Gasteiger partial charge in [-0.25, -0.2) is 0 Å². The molecule has 5 heteroatoms. The molecule has 0 spiro atoms. The lowest BCUT2D eigenvalue weighted by atomic mass is 10.1. The summed E-state index contributed by atoms with van der Waals surface area (Å²) < 4.78 is 17.3. The molecule has 1 unspecified atom stereocenters. The molecule has 0 saturated carbocycles. The van der Waals surface area contributed by atoms with Crippen molar-refractivity contribution >= 4 is 11.9 Å². The van der Waals surface area contributed by atoms with E-state index in [0.717, 1.165) is 83.5 Å². The number of carbonyl (C=O) groups is 2. The first kappa shape index (κ1) is 57.6. The third-order valence-corrected chi connectivity index (χ3v) is 11.0. The van der Waals surface area contributed by atoms with E-state index >= 15 is 0 Å². The summed E-state index contributed by atoms with van der Waals surface area (Å²) in [7, 11) is 0. The maximum absolute atomic E-state index is 12.8. The van der Waals surface area contributed by atoms with Crippen molar-refractivity contribution in [1.82, 2.24) is 0 Å². The summed E-state index contributed by atoms with van der Waals surface area (Å²) >= 11 is 0. The molecule has 0 aromatic heterocycles. The van der Waals surface area contributed by atoms with Gasteiger partial charge in [0.2, 0.25) is 0 Å². The quantitative estimate of drug-likeness (QED) is 0.0347. The van der Waals surface area contributed by atoms with Crippen molar-refractivity contribution in [2.75, 3.05) is 19.8 Å². The Bertz CT molecular complexity index is 1040. The third kappa shape index (κ3) is 48.3. The number of hydrogen-bond acceptors (Lipinski definition) is 5. The van der Waals surface area contributed by atoms with Crippen molar-refractivity contribution in [1.29, 1.82) is 0 Å². The Morgan fingerprint density at radius 2 is 0.750 bits per heavy atom. The first-order chi connectivity index (χ1) is 29.6. The number of unbranched alkanes of at least 4 members (excludes halogenated alkanes) is 26. The van der Waals surface area contributed by atoms with Gasteiger partial charge in [-0.1, -0.05) is 216 Å². The summed E-state index contributed by atoms with van der Waals surface area (Å²) in [4.78, 5) is 25.3. The fraction of sp³-hybridized carbons (Fsp3) is 0.782. The predicted molar refractivity (Wildman–Crippen MR) is 261 cm³/mol. The number of hydrogen-bond donors (Lipinski definition) is 0. The second-order valence-electron chi connectivity index (χ2n) is 17.0. The molecule has 0 radical (unpaired) electrons. The molecular weight excluding hydrogens is 741 g/mol. The highest BCUT2D eigenvalue weighted by Gasteiger charge is 2.17. The lowest BCUT2D eigenvalue weighted by Crippen LogP contribution is -2.30. The Morgan fingerprint density at radius 3 is 1.22 bits per heavy atom. The molecule has 0 heterocycles. The van der Waals surface area contributed by atoms with E-state index in [1.807, 2.05) is 0 Å². The van der Waals surface area contributed by atoms with Crippen LogP contribution in [0.2, 0.25) is 0 Å². The predicted octanol–water partition coefficient (Wildman–Crippen LogP) is 17.3. The first-order valence-electron chi connectivity index (χ1n) is 25.8. The van der Waals surface area contributed by atoms with E-state index in [-0.39, 0.29) is 25.2 Å². The largest absolute Gasteiger partial charge is 0.462 e. The van der Waals surface area contributed by atoms with Gasteiger partial charge in [-0.3, -0.25) is 9.59 Å². The minimum Gasteiger partial charge on any atom is -0.462 e. The minimum atomic E-state index is -0.541. The first-order valence-corrected chi connectivity index (χ1v) is 25.8. The summed E-state index contributed by atoms with van der Waals surface area (Å²) in [5.41, 5.74) is 0. The van der Waals surface area contributed by atoms with Crippen LogP contribution in [0.1, 0.15) is 252 Å². The van der Waals surface area contributed by atoms with Crippen molar-refractivity contribution in [2.45, 2.75) is 258 Å². The topological polar surface area (TPSA) is 61.8 Å². The Labute approximate surface area is 373 Å². The van der Waals surface area contributed by atoms with Crippen LogP contribution in [0.4, 0.5) is 0 Å². The van der Waals surface area contributed by atoms with Crippen LogP contribution in [0.3, 0.4) is 0 Å². The molecule has 0 bridgehead atoms. The molecule has 0 aliphatic carbocycles. The molecule has 0 saturated heterocycles. The van der Waals surface area contributed by atoms with Crippen LogP contribution >= 0.6 is 0 Å². The van der Waals surface area contributed by atoms with Gasteiger partial charge < -0.3 is 14.2 Å². The van der Waals surface area contributed by atoms with Crippen LogP contribution in [0, 0.1) is 0 Å². The Hall–Kier alpha value is -2.40. The average Bonchev–Trinajstić information content (AvgIpc) is 3.25. The van der Waals surface area contributed by atoms with Gasteiger partial charge in [0, 0.05) is 19.4 Å². The van der Waals surface area contributed by atoms with Crippen LogP contribution in [-0.2, 0) is 23.8 Å². The molecule has 0 fully saturated rings.